The highest BCUT2D eigenvalue weighted by molar-refractivity contribution is 6.08. The molecule has 0 aromatic heterocycles. The zero-order valence-electron chi connectivity index (χ0n) is 43.0. The Morgan fingerprint density at radius 2 is 1.00 bits per heavy atom. The number of phenolic OH excluding ortho intramolecular Hbond substituents is 1. The Bertz CT molecular complexity index is 2850. The van der Waals surface area contributed by atoms with Gasteiger partial charge in [0.2, 0.25) is 0 Å². The maximum Gasteiger partial charge on any atom is 0.254 e. The molecule has 7 aromatic rings. The summed E-state index contributed by atoms with van der Waals surface area (Å²) in [7, 11) is 0. The number of rotatable bonds is 19. The van der Waals surface area contributed by atoms with Crippen molar-refractivity contribution in [1.82, 2.24) is 19.6 Å². The number of carbonyl (C=O) groups is 2. The number of nitrogens with zero attached hydrogens (tertiary/aromatic N) is 4. The number of piperazine rings is 2. The predicted molar refractivity (Wildman–Crippen MR) is 298 cm³/mol. The molecular formula is C63H76N6O4. The van der Waals surface area contributed by atoms with Crippen molar-refractivity contribution in [1.29, 1.82) is 0 Å². The Morgan fingerprint density at radius 1 is 0.548 bits per heavy atom. The van der Waals surface area contributed by atoms with E-state index >= 15 is 0 Å². The molecule has 9 rings (SSSR count). The average Bonchev–Trinajstić information content (AvgIpc) is 3.42. The number of hydrogen-bond acceptors (Lipinski definition) is 8. The number of benzene rings is 7. The van der Waals surface area contributed by atoms with Crippen molar-refractivity contribution < 1.29 is 19.4 Å². The van der Waals surface area contributed by atoms with Crippen LogP contribution in [0.4, 0.5) is 0 Å². The number of unbranched alkanes of at least 4 members (excludes halogenated alkanes) is 2. The van der Waals surface area contributed by atoms with Gasteiger partial charge in [-0.2, -0.15) is 0 Å². The molecule has 2 amide bonds. The fourth-order valence-electron chi connectivity index (χ4n) is 10.8. The summed E-state index contributed by atoms with van der Waals surface area (Å²) in [5.41, 5.74) is 18.0. The number of ether oxygens (including phenoxy) is 1. The van der Waals surface area contributed by atoms with Crippen LogP contribution in [-0.2, 0) is 19.4 Å². The third-order valence-corrected chi connectivity index (χ3v) is 14.7. The van der Waals surface area contributed by atoms with Gasteiger partial charge in [0.05, 0.1) is 0 Å². The standard InChI is InChI=1S/C35H41N3O2.C28H35N3O2/c1-2-3-17-31-25-38(35(39)33-19-11-16-28-14-7-9-18-32(28)33)22-21-37(31)24-30(36)23-29-15-8-10-20-34(29)40-26-27-12-5-4-6-13-27;1-2-3-12-24-20-31(28(33)26-14-8-11-21-9-4-6-13-25(21)26)17-16-30(24)19-23(29)18-22-10-5-7-15-27(22)32/h4-16,18-20,30-31H,2-3,17,21-26,36H2,1H3;4-11,13-15,23-24,32H,2-3,12,16-20,29H2,1H3. The van der Waals surface area contributed by atoms with Crippen LogP contribution in [0.15, 0.2) is 164 Å². The Hall–Kier alpha value is -6.56. The quantitative estimate of drug-likeness (QED) is 0.0731. The van der Waals surface area contributed by atoms with Crippen LogP contribution in [0, 0.1) is 0 Å². The van der Waals surface area contributed by atoms with E-state index in [0.717, 1.165) is 139 Å². The van der Waals surface area contributed by atoms with Gasteiger partial charge in [0.1, 0.15) is 18.1 Å². The Balaban J connectivity index is 0.000000199. The second-order valence-corrected chi connectivity index (χ2v) is 20.1. The molecule has 4 atom stereocenters. The van der Waals surface area contributed by atoms with Gasteiger partial charge >= 0.3 is 0 Å². The smallest absolute Gasteiger partial charge is 0.254 e. The van der Waals surface area contributed by atoms with E-state index in [2.05, 4.69) is 77.1 Å². The lowest BCUT2D eigenvalue weighted by Gasteiger charge is -2.42. The summed E-state index contributed by atoms with van der Waals surface area (Å²) >= 11 is 0. The van der Waals surface area contributed by atoms with Crippen molar-refractivity contribution in [3.8, 4) is 11.5 Å². The zero-order chi connectivity index (χ0) is 50.9. The number of phenols is 1. The van der Waals surface area contributed by atoms with Gasteiger partial charge in [-0.05, 0) is 88.2 Å². The first-order valence-corrected chi connectivity index (χ1v) is 26.7. The second kappa shape index (κ2) is 26.4. The van der Waals surface area contributed by atoms with Crippen LogP contribution in [0.5, 0.6) is 11.5 Å². The summed E-state index contributed by atoms with van der Waals surface area (Å²) in [5.74, 6) is 1.45. The van der Waals surface area contributed by atoms with Crippen LogP contribution in [0.1, 0.15) is 89.8 Å². The highest BCUT2D eigenvalue weighted by atomic mass is 16.5. The lowest BCUT2D eigenvalue weighted by atomic mass is 9.99. The van der Waals surface area contributed by atoms with Crippen LogP contribution in [-0.4, -0.2) is 113 Å². The first-order valence-electron chi connectivity index (χ1n) is 26.7. The molecule has 2 fully saturated rings. The maximum absolute atomic E-state index is 13.7. The van der Waals surface area contributed by atoms with Crippen molar-refractivity contribution >= 4 is 33.4 Å². The lowest BCUT2D eigenvalue weighted by molar-refractivity contribution is 0.0439. The maximum atomic E-state index is 13.7. The van der Waals surface area contributed by atoms with Gasteiger partial charge in [0.15, 0.2) is 0 Å². The topological polar surface area (TPSA) is 129 Å². The van der Waals surface area contributed by atoms with Crippen molar-refractivity contribution in [2.24, 2.45) is 11.5 Å². The van der Waals surface area contributed by atoms with Crippen LogP contribution in [0.25, 0.3) is 21.5 Å². The number of para-hydroxylation sites is 2. The van der Waals surface area contributed by atoms with E-state index < -0.39 is 0 Å². The van der Waals surface area contributed by atoms with E-state index in [-0.39, 0.29) is 23.9 Å². The molecule has 10 heteroatoms. The molecule has 4 unspecified atom stereocenters. The van der Waals surface area contributed by atoms with Gasteiger partial charge in [-0.15, -0.1) is 0 Å². The van der Waals surface area contributed by atoms with Crippen molar-refractivity contribution in [2.75, 3.05) is 52.4 Å². The van der Waals surface area contributed by atoms with Crippen molar-refractivity contribution in [2.45, 2.75) is 96.0 Å². The SMILES string of the molecule is CCCCC1CN(C(=O)c2cccc3ccccc23)CCN1CC(N)Cc1ccccc1O.CCCCC1CN(C(=O)c2cccc3ccccc23)CCN1CC(N)Cc1ccccc1OCc1ccccc1. The van der Waals surface area contributed by atoms with E-state index in [1.807, 2.05) is 114 Å². The molecule has 382 valence electrons. The first kappa shape index (κ1) is 52.8. The molecule has 2 heterocycles. The molecule has 5 N–H and O–H groups in total. The number of nitrogens with two attached hydrogens (primary N) is 2. The molecule has 0 spiro atoms. The molecule has 0 aliphatic carbocycles. The van der Waals surface area contributed by atoms with Crippen molar-refractivity contribution in [3.05, 3.63) is 192 Å². The second-order valence-electron chi connectivity index (χ2n) is 20.1. The molecule has 73 heavy (non-hydrogen) atoms. The summed E-state index contributed by atoms with van der Waals surface area (Å²) in [6.07, 6.45) is 8.06. The molecule has 0 bridgehead atoms. The molecule has 2 aliphatic heterocycles. The number of hydrogen-bond donors (Lipinski definition) is 3. The summed E-state index contributed by atoms with van der Waals surface area (Å²) in [6, 6.07) is 54.6. The molecule has 0 radical (unpaired) electrons. The van der Waals surface area contributed by atoms with E-state index in [1.54, 1.807) is 6.07 Å². The van der Waals surface area contributed by atoms with Gasteiger partial charge in [0, 0.05) is 87.7 Å². The van der Waals surface area contributed by atoms with Gasteiger partial charge in [0.25, 0.3) is 11.8 Å². The fourth-order valence-corrected chi connectivity index (χ4v) is 10.8. The number of aromatic hydroxyl groups is 1. The number of fused-ring (bicyclic) bond motifs is 2. The summed E-state index contributed by atoms with van der Waals surface area (Å²) in [5, 5.41) is 14.3. The van der Waals surface area contributed by atoms with Crippen LogP contribution < -0.4 is 16.2 Å². The Labute approximate surface area is 433 Å². The van der Waals surface area contributed by atoms with Gasteiger partial charge in [-0.3, -0.25) is 19.4 Å². The van der Waals surface area contributed by atoms with Gasteiger partial charge in [-0.25, -0.2) is 0 Å². The van der Waals surface area contributed by atoms with E-state index in [9.17, 15) is 14.7 Å². The van der Waals surface area contributed by atoms with Gasteiger partial charge < -0.3 is 31.1 Å². The predicted octanol–water partition coefficient (Wildman–Crippen LogP) is 10.7. The number of amides is 2. The van der Waals surface area contributed by atoms with Gasteiger partial charge in [-0.1, -0.05) is 179 Å². The lowest BCUT2D eigenvalue weighted by Crippen LogP contribution is -2.57. The molecule has 2 aliphatic rings. The minimum Gasteiger partial charge on any atom is -0.508 e. The molecule has 2 saturated heterocycles. The normalized spacial score (nSPS) is 17.2. The number of carbonyl (C=O) groups excluding carboxylic acids is 2. The molecule has 7 aromatic carbocycles. The highest BCUT2D eigenvalue weighted by Gasteiger charge is 2.33. The Kier molecular flexibility index (Phi) is 19.1. The summed E-state index contributed by atoms with van der Waals surface area (Å²) in [6.45, 7) is 11.1. The van der Waals surface area contributed by atoms with E-state index in [1.165, 1.54) is 0 Å². The molecular weight excluding hydrogens is 905 g/mol. The minimum atomic E-state index is -0.0669. The van der Waals surface area contributed by atoms with E-state index in [4.69, 9.17) is 16.2 Å². The minimum absolute atomic E-state index is 0.0223. The largest absolute Gasteiger partial charge is 0.508 e. The highest BCUT2D eigenvalue weighted by Crippen LogP contribution is 2.27. The van der Waals surface area contributed by atoms with Crippen LogP contribution in [0.3, 0.4) is 0 Å². The third kappa shape index (κ3) is 14.1. The van der Waals surface area contributed by atoms with E-state index in [0.29, 0.717) is 44.0 Å². The monoisotopic (exact) mass is 981 g/mol. The fraction of sp³-hybridized carbons (Fsp3) is 0.365. The third-order valence-electron chi connectivity index (χ3n) is 14.7. The zero-order valence-corrected chi connectivity index (χ0v) is 43.0. The Morgan fingerprint density at radius 3 is 1.53 bits per heavy atom. The van der Waals surface area contributed by atoms with Crippen LogP contribution >= 0.6 is 0 Å². The van der Waals surface area contributed by atoms with Crippen LogP contribution in [0.2, 0.25) is 0 Å². The molecule has 0 saturated carbocycles. The summed E-state index contributed by atoms with van der Waals surface area (Å²) < 4.78 is 6.19. The average molecular weight is 981 g/mol. The first-order chi connectivity index (χ1) is 35.7. The summed E-state index contributed by atoms with van der Waals surface area (Å²) in [4.78, 5) is 36.2. The van der Waals surface area contributed by atoms with Crippen molar-refractivity contribution in [3.63, 3.8) is 0 Å². The molecule has 10 nitrogen and oxygen atoms in total.